The third-order valence-electron chi connectivity index (χ3n) is 6.64. The SMILES string of the molecule is CNCCOc1cccc(-c2cnc(N)c(C(=O)OC)n2)c1.COC(=O)c1nc(-c2cccc(OCCN(C)C(=O)OC(C)(C)C)c2)cnc1N. The number of ether oxygens (including phenoxy) is 5. The normalized spacial score (nSPS) is 10.6. The van der Waals surface area contributed by atoms with E-state index in [0.29, 0.717) is 41.6 Å². The number of anilines is 2. The lowest BCUT2D eigenvalue weighted by molar-refractivity contribution is 0.0277. The summed E-state index contributed by atoms with van der Waals surface area (Å²) in [5.74, 6) is 0.0576. The number of amides is 1. The molecule has 272 valence electrons. The maximum absolute atomic E-state index is 12.0. The molecule has 1 amide bonds. The Hall–Kier alpha value is -6.03. The molecule has 4 rings (SSSR count). The van der Waals surface area contributed by atoms with Crippen molar-refractivity contribution in [1.29, 1.82) is 0 Å². The van der Waals surface area contributed by atoms with Gasteiger partial charge in [0.1, 0.15) is 30.3 Å². The highest BCUT2D eigenvalue weighted by Gasteiger charge is 2.20. The molecule has 16 heteroatoms. The Kier molecular flexibility index (Phi) is 14.4. The number of nitrogens with one attached hydrogen (secondary N) is 1. The molecule has 0 saturated heterocycles. The smallest absolute Gasteiger partial charge is 0.410 e. The number of benzene rings is 2. The van der Waals surface area contributed by atoms with Gasteiger partial charge in [-0.15, -0.1) is 0 Å². The minimum Gasteiger partial charge on any atom is -0.492 e. The number of nitrogens with zero attached hydrogens (tertiary/aromatic N) is 5. The quantitative estimate of drug-likeness (QED) is 0.108. The van der Waals surface area contributed by atoms with Crippen molar-refractivity contribution in [2.24, 2.45) is 0 Å². The summed E-state index contributed by atoms with van der Waals surface area (Å²) in [6, 6.07) is 14.5. The molecule has 0 bridgehead atoms. The van der Waals surface area contributed by atoms with Crippen LogP contribution in [-0.4, -0.2) is 103 Å². The Morgan fingerprint density at radius 1 is 0.784 bits per heavy atom. The molecule has 0 aliphatic rings. The number of methoxy groups -OCH3 is 2. The van der Waals surface area contributed by atoms with Crippen molar-refractivity contribution in [2.75, 3.05) is 66.1 Å². The van der Waals surface area contributed by atoms with E-state index in [0.717, 1.165) is 12.1 Å². The summed E-state index contributed by atoms with van der Waals surface area (Å²) in [5.41, 5.74) is 13.2. The summed E-state index contributed by atoms with van der Waals surface area (Å²) in [4.78, 5) is 53.2. The Morgan fingerprint density at radius 3 is 1.69 bits per heavy atom. The van der Waals surface area contributed by atoms with E-state index in [1.807, 2.05) is 52.1 Å². The van der Waals surface area contributed by atoms with Crippen LogP contribution in [0.2, 0.25) is 0 Å². The van der Waals surface area contributed by atoms with Gasteiger partial charge in [-0.25, -0.2) is 34.3 Å². The summed E-state index contributed by atoms with van der Waals surface area (Å²) in [5, 5.41) is 3.00. The van der Waals surface area contributed by atoms with Gasteiger partial charge in [0.05, 0.1) is 44.5 Å². The van der Waals surface area contributed by atoms with Gasteiger partial charge in [0.15, 0.2) is 23.0 Å². The van der Waals surface area contributed by atoms with Crippen LogP contribution in [-0.2, 0) is 14.2 Å². The molecule has 2 aromatic heterocycles. The molecule has 2 aromatic carbocycles. The molecule has 0 radical (unpaired) electrons. The third-order valence-corrected chi connectivity index (χ3v) is 6.64. The molecule has 0 atom stereocenters. The van der Waals surface area contributed by atoms with Gasteiger partial charge in [-0.05, 0) is 52.1 Å². The number of rotatable bonds is 12. The molecular formula is C35H44N8O8. The highest BCUT2D eigenvalue weighted by atomic mass is 16.6. The highest BCUT2D eigenvalue weighted by Crippen LogP contribution is 2.25. The highest BCUT2D eigenvalue weighted by molar-refractivity contribution is 5.93. The van der Waals surface area contributed by atoms with E-state index in [1.54, 1.807) is 31.3 Å². The number of hydrogen-bond donors (Lipinski definition) is 3. The van der Waals surface area contributed by atoms with Crippen LogP contribution in [0.25, 0.3) is 22.5 Å². The molecule has 0 unspecified atom stereocenters. The van der Waals surface area contributed by atoms with E-state index in [1.165, 1.54) is 31.5 Å². The van der Waals surface area contributed by atoms with Crippen LogP contribution in [0.1, 0.15) is 41.7 Å². The first-order chi connectivity index (χ1) is 24.3. The zero-order valence-corrected chi connectivity index (χ0v) is 29.8. The minimum atomic E-state index is -0.658. The van der Waals surface area contributed by atoms with E-state index in [-0.39, 0.29) is 29.6 Å². The first-order valence-corrected chi connectivity index (χ1v) is 15.7. The number of nitrogen functional groups attached to an aromatic ring is 2. The van der Waals surface area contributed by atoms with Gasteiger partial charge in [-0.3, -0.25) is 0 Å². The fourth-order valence-corrected chi connectivity index (χ4v) is 4.06. The summed E-state index contributed by atoms with van der Waals surface area (Å²) in [6.07, 6.45) is 2.56. The molecule has 16 nitrogen and oxygen atoms in total. The van der Waals surface area contributed by atoms with Crippen LogP contribution in [0.3, 0.4) is 0 Å². The Labute approximate surface area is 296 Å². The Morgan fingerprint density at radius 2 is 1.25 bits per heavy atom. The van der Waals surface area contributed by atoms with E-state index >= 15 is 0 Å². The van der Waals surface area contributed by atoms with Crippen molar-refractivity contribution in [3.8, 4) is 34.0 Å². The van der Waals surface area contributed by atoms with E-state index < -0.39 is 23.6 Å². The molecule has 4 aromatic rings. The molecule has 0 aliphatic heterocycles. The van der Waals surface area contributed by atoms with E-state index in [4.69, 9.17) is 25.7 Å². The number of esters is 2. The summed E-state index contributed by atoms with van der Waals surface area (Å²) >= 11 is 0. The van der Waals surface area contributed by atoms with Crippen molar-refractivity contribution < 1.29 is 38.1 Å². The molecule has 0 spiro atoms. The predicted octanol–water partition coefficient (Wildman–Crippen LogP) is 3.87. The van der Waals surface area contributed by atoms with Gasteiger partial charge in [0.25, 0.3) is 0 Å². The van der Waals surface area contributed by atoms with E-state index in [9.17, 15) is 14.4 Å². The first kappa shape index (κ1) is 39.4. The number of carbonyl (C=O) groups is 3. The lowest BCUT2D eigenvalue weighted by atomic mass is 10.1. The maximum Gasteiger partial charge on any atom is 0.410 e. The number of likely N-dealkylation sites (N-methyl/N-ethyl adjacent to an activating group) is 2. The second kappa shape index (κ2) is 18.7. The van der Waals surface area contributed by atoms with Gasteiger partial charge in [0.2, 0.25) is 0 Å². The van der Waals surface area contributed by atoms with Crippen molar-refractivity contribution in [2.45, 2.75) is 26.4 Å². The number of carbonyl (C=O) groups excluding carboxylic acids is 3. The molecule has 2 heterocycles. The van der Waals surface area contributed by atoms with Crippen LogP contribution in [0, 0.1) is 0 Å². The summed E-state index contributed by atoms with van der Waals surface area (Å²) in [7, 11) is 6.02. The molecule has 51 heavy (non-hydrogen) atoms. The van der Waals surface area contributed by atoms with Crippen molar-refractivity contribution in [3.63, 3.8) is 0 Å². The molecule has 5 N–H and O–H groups in total. The number of aromatic nitrogens is 4. The second-order valence-electron chi connectivity index (χ2n) is 11.7. The first-order valence-electron chi connectivity index (χ1n) is 15.7. The lowest BCUT2D eigenvalue weighted by Gasteiger charge is -2.24. The monoisotopic (exact) mass is 704 g/mol. The Bertz CT molecular complexity index is 1800. The van der Waals surface area contributed by atoms with Gasteiger partial charge in [0, 0.05) is 24.7 Å². The van der Waals surface area contributed by atoms with Gasteiger partial charge >= 0.3 is 18.0 Å². The Balaban J connectivity index is 0.000000286. The van der Waals surface area contributed by atoms with Crippen LogP contribution in [0.15, 0.2) is 60.9 Å². The van der Waals surface area contributed by atoms with Gasteiger partial charge < -0.3 is 45.4 Å². The minimum absolute atomic E-state index is 0.00139. The van der Waals surface area contributed by atoms with Crippen molar-refractivity contribution >= 4 is 29.7 Å². The number of nitrogens with two attached hydrogens (primary N) is 2. The lowest BCUT2D eigenvalue weighted by Crippen LogP contribution is -2.36. The largest absolute Gasteiger partial charge is 0.492 e. The van der Waals surface area contributed by atoms with Crippen LogP contribution in [0.5, 0.6) is 11.5 Å². The molecular weight excluding hydrogens is 660 g/mol. The topological polar surface area (TPSA) is 216 Å². The molecule has 0 saturated carbocycles. The average Bonchev–Trinajstić information content (AvgIpc) is 3.11. The predicted molar refractivity (Wildman–Crippen MR) is 190 cm³/mol. The van der Waals surface area contributed by atoms with Crippen LogP contribution < -0.4 is 26.3 Å². The fourth-order valence-electron chi connectivity index (χ4n) is 4.06. The molecule has 0 aliphatic carbocycles. The summed E-state index contributed by atoms with van der Waals surface area (Å²) < 4.78 is 25.9. The van der Waals surface area contributed by atoms with Gasteiger partial charge in [-0.1, -0.05) is 24.3 Å². The fraction of sp³-hybridized carbons (Fsp3) is 0.343. The zero-order chi connectivity index (χ0) is 37.6. The standard InChI is InChI=1S/C20H26N4O5.C15H18N4O3/c1-20(2,3)29-19(26)24(4)9-10-28-14-8-6-7-13(11-14)15-12-22-17(21)16(23-15)18(25)27-5;1-17-6-7-22-11-5-3-4-10(8-11)12-9-18-14(16)13(19-12)15(20)21-2/h6-8,11-12H,9-10H2,1-5H3,(H2,21,22);3-5,8-9,17H,6-7H2,1-2H3,(H2,16,18). The van der Waals surface area contributed by atoms with Crippen LogP contribution >= 0.6 is 0 Å². The third kappa shape index (κ3) is 12.1. The summed E-state index contributed by atoms with van der Waals surface area (Å²) in [6.45, 7) is 7.37. The van der Waals surface area contributed by atoms with Crippen molar-refractivity contribution in [3.05, 3.63) is 72.3 Å². The van der Waals surface area contributed by atoms with Gasteiger partial charge in [-0.2, -0.15) is 0 Å². The van der Waals surface area contributed by atoms with E-state index in [2.05, 4.69) is 34.7 Å². The average molecular weight is 705 g/mol. The maximum atomic E-state index is 12.0. The second-order valence-corrected chi connectivity index (χ2v) is 11.7. The zero-order valence-electron chi connectivity index (χ0n) is 29.8. The van der Waals surface area contributed by atoms with Crippen LogP contribution in [0.4, 0.5) is 16.4 Å². The van der Waals surface area contributed by atoms with Crippen molar-refractivity contribution in [1.82, 2.24) is 30.2 Å². The molecule has 0 fully saturated rings. The number of hydrogen-bond acceptors (Lipinski definition) is 15.